The molecule has 21 heavy (non-hydrogen) atoms. The Morgan fingerprint density at radius 2 is 2.00 bits per heavy atom. The van der Waals surface area contributed by atoms with Crippen molar-refractivity contribution in [2.24, 2.45) is 0 Å². The zero-order chi connectivity index (χ0) is 14.4. The molecule has 2 aliphatic heterocycles. The quantitative estimate of drug-likeness (QED) is 0.812. The molecule has 0 bridgehead atoms. The SMILES string of the molecule is CN1CCN(c2nc3nc4c(c(=O)n3[nH]2)SCCC4)CC1. The lowest BCUT2D eigenvalue weighted by molar-refractivity contribution is 0.311. The molecule has 2 aromatic rings. The summed E-state index contributed by atoms with van der Waals surface area (Å²) in [4.78, 5) is 26.9. The van der Waals surface area contributed by atoms with Crippen LogP contribution in [0.4, 0.5) is 5.95 Å². The van der Waals surface area contributed by atoms with Crippen LogP contribution in [-0.2, 0) is 6.42 Å². The molecule has 2 aromatic heterocycles. The van der Waals surface area contributed by atoms with Crippen molar-refractivity contribution in [1.29, 1.82) is 0 Å². The molecule has 8 heteroatoms. The first-order valence-electron chi connectivity index (χ1n) is 7.30. The summed E-state index contributed by atoms with van der Waals surface area (Å²) in [5, 5.41) is 3.12. The van der Waals surface area contributed by atoms with Crippen LogP contribution in [0.25, 0.3) is 5.78 Å². The smallest absolute Gasteiger partial charge is 0.287 e. The zero-order valence-corrected chi connectivity index (χ0v) is 12.8. The lowest BCUT2D eigenvalue weighted by Crippen LogP contribution is -2.45. The third kappa shape index (κ3) is 2.22. The van der Waals surface area contributed by atoms with E-state index in [1.54, 1.807) is 11.8 Å². The van der Waals surface area contributed by atoms with Crippen LogP contribution in [0, 0.1) is 0 Å². The van der Waals surface area contributed by atoms with Crippen LogP contribution < -0.4 is 10.5 Å². The topological polar surface area (TPSA) is 69.5 Å². The van der Waals surface area contributed by atoms with Gasteiger partial charge >= 0.3 is 0 Å². The van der Waals surface area contributed by atoms with Crippen LogP contribution >= 0.6 is 11.8 Å². The van der Waals surface area contributed by atoms with Gasteiger partial charge in [0.1, 0.15) is 0 Å². The highest BCUT2D eigenvalue weighted by atomic mass is 32.2. The third-order valence-corrected chi connectivity index (χ3v) is 5.31. The fourth-order valence-electron chi connectivity index (χ4n) is 2.82. The summed E-state index contributed by atoms with van der Waals surface area (Å²) >= 11 is 1.61. The van der Waals surface area contributed by atoms with Gasteiger partial charge in [-0.1, -0.05) is 0 Å². The molecule has 1 saturated heterocycles. The fraction of sp³-hybridized carbons (Fsp3) is 0.615. The average molecular weight is 306 g/mol. The number of anilines is 1. The van der Waals surface area contributed by atoms with Crippen LogP contribution in [-0.4, -0.2) is 63.5 Å². The minimum Gasteiger partial charge on any atom is -0.339 e. The van der Waals surface area contributed by atoms with Gasteiger partial charge in [0.05, 0.1) is 10.6 Å². The Kier molecular flexibility index (Phi) is 3.15. The first-order chi connectivity index (χ1) is 10.2. The Morgan fingerprint density at radius 1 is 1.19 bits per heavy atom. The van der Waals surface area contributed by atoms with Crippen molar-refractivity contribution in [2.75, 3.05) is 43.9 Å². The van der Waals surface area contributed by atoms with Gasteiger partial charge in [-0.25, -0.2) is 4.98 Å². The van der Waals surface area contributed by atoms with Gasteiger partial charge in [-0.3, -0.25) is 9.89 Å². The second kappa shape index (κ2) is 5.03. The van der Waals surface area contributed by atoms with Crippen molar-refractivity contribution in [3.05, 3.63) is 16.0 Å². The molecule has 1 fully saturated rings. The number of piperazine rings is 1. The Morgan fingerprint density at radius 3 is 2.81 bits per heavy atom. The maximum Gasteiger partial charge on any atom is 0.287 e. The summed E-state index contributed by atoms with van der Waals surface area (Å²) in [5.74, 6) is 2.24. The number of H-pyrrole nitrogens is 1. The summed E-state index contributed by atoms with van der Waals surface area (Å²) in [6.07, 6.45) is 1.96. The molecular formula is C13H18N6OS. The van der Waals surface area contributed by atoms with Gasteiger partial charge in [0, 0.05) is 26.2 Å². The van der Waals surface area contributed by atoms with E-state index >= 15 is 0 Å². The molecule has 1 N–H and O–H groups in total. The first-order valence-corrected chi connectivity index (χ1v) is 8.29. The largest absolute Gasteiger partial charge is 0.339 e. The van der Waals surface area contributed by atoms with E-state index in [-0.39, 0.29) is 5.56 Å². The summed E-state index contributed by atoms with van der Waals surface area (Å²) in [6.45, 7) is 3.84. The van der Waals surface area contributed by atoms with E-state index in [0.29, 0.717) is 5.78 Å². The molecule has 0 atom stereocenters. The highest BCUT2D eigenvalue weighted by molar-refractivity contribution is 7.99. The van der Waals surface area contributed by atoms with Crippen LogP contribution in [0.1, 0.15) is 12.1 Å². The number of nitrogens with zero attached hydrogens (tertiary/aromatic N) is 5. The molecule has 4 heterocycles. The summed E-state index contributed by atoms with van der Waals surface area (Å²) in [5.41, 5.74) is 0.903. The molecule has 0 aliphatic carbocycles. The first kappa shape index (κ1) is 13.1. The number of fused-ring (bicyclic) bond motifs is 2. The van der Waals surface area contributed by atoms with Gasteiger partial charge in [0.25, 0.3) is 11.3 Å². The van der Waals surface area contributed by atoms with E-state index in [2.05, 4.69) is 31.9 Å². The van der Waals surface area contributed by atoms with E-state index in [4.69, 9.17) is 0 Å². The van der Waals surface area contributed by atoms with E-state index < -0.39 is 0 Å². The lowest BCUT2D eigenvalue weighted by atomic mass is 10.2. The Hall–Kier alpha value is -1.54. The highest BCUT2D eigenvalue weighted by Crippen LogP contribution is 2.25. The van der Waals surface area contributed by atoms with Crippen molar-refractivity contribution in [2.45, 2.75) is 17.7 Å². The monoisotopic (exact) mass is 306 g/mol. The van der Waals surface area contributed by atoms with E-state index in [9.17, 15) is 4.79 Å². The average Bonchev–Trinajstić information content (AvgIpc) is 2.92. The van der Waals surface area contributed by atoms with Gasteiger partial charge in [-0.05, 0) is 25.6 Å². The number of likely N-dealkylation sites (N-methyl/N-ethyl adjacent to an activating group) is 1. The standard InChI is InChI=1S/C13H18N6OS/c1-17-4-6-18(7-5-17)13-15-12-14-9-3-2-8-21-10(9)11(20)19(12)16-13/h2-8H2,1H3,(H,14,15,16). The van der Waals surface area contributed by atoms with Crippen molar-refractivity contribution >= 4 is 23.5 Å². The summed E-state index contributed by atoms with van der Waals surface area (Å²) < 4.78 is 1.49. The third-order valence-electron chi connectivity index (χ3n) is 4.12. The molecule has 0 radical (unpaired) electrons. The molecule has 4 rings (SSSR count). The minimum absolute atomic E-state index is 0.00687. The number of aromatic amines is 1. The lowest BCUT2D eigenvalue weighted by Gasteiger charge is -2.31. The maximum absolute atomic E-state index is 12.5. The number of thioether (sulfide) groups is 1. The number of nitrogens with one attached hydrogen (secondary N) is 1. The normalized spacial score (nSPS) is 20.0. The van der Waals surface area contributed by atoms with Crippen molar-refractivity contribution in [3.63, 3.8) is 0 Å². The van der Waals surface area contributed by atoms with E-state index in [1.807, 2.05) is 0 Å². The number of hydrogen-bond donors (Lipinski definition) is 1. The molecule has 112 valence electrons. The Bertz CT molecular complexity index is 730. The maximum atomic E-state index is 12.5. The molecule has 0 amide bonds. The number of rotatable bonds is 1. The second-order valence-corrected chi connectivity index (χ2v) is 6.72. The van der Waals surface area contributed by atoms with E-state index in [0.717, 1.165) is 61.3 Å². The van der Waals surface area contributed by atoms with Crippen molar-refractivity contribution in [1.82, 2.24) is 24.5 Å². The Labute approximate surface area is 126 Å². The summed E-state index contributed by atoms with van der Waals surface area (Å²) in [6, 6.07) is 0. The van der Waals surface area contributed by atoms with Crippen LogP contribution in [0.15, 0.2) is 9.69 Å². The molecule has 7 nitrogen and oxygen atoms in total. The van der Waals surface area contributed by atoms with Crippen molar-refractivity contribution < 1.29 is 0 Å². The molecule has 0 saturated carbocycles. The highest BCUT2D eigenvalue weighted by Gasteiger charge is 2.22. The second-order valence-electron chi connectivity index (χ2n) is 5.62. The number of hydrogen-bond acceptors (Lipinski definition) is 6. The predicted molar refractivity (Wildman–Crippen MR) is 82.4 cm³/mol. The molecule has 0 unspecified atom stereocenters. The molecule has 2 aliphatic rings. The fourth-order valence-corrected chi connectivity index (χ4v) is 3.84. The van der Waals surface area contributed by atoms with Gasteiger partial charge in [0.2, 0.25) is 5.95 Å². The number of aromatic nitrogens is 4. The van der Waals surface area contributed by atoms with Crippen molar-refractivity contribution in [3.8, 4) is 0 Å². The zero-order valence-electron chi connectivity index (χ0n) is 12.0. The molecule has 0 spiro atoms. The van der Waals surface area contributed by atoms with Crippen LogP contribution in [0.2, 0.25) is 0 Å². The van der Waals surface area contributed by atoms with Crippen LogP contribution in [0.5, 0.6) is 0 Å². The van der Waals surface area contributed by atoms with Crippen LogP contribution in [0.3, 0.4) is 0 Å². The van der Waals surface area contributed by atoms with Gasteiger partial charge in [-0.15, -0.1) is 11.8 Å². The molecule has 0 aromatic carbocycles. The molecular weight excluding hydrogens is 288 g/mol. The van der Waals surface area contributed by atoms with Gasteiger partial charge < -0.3 is 9.80 Å². The summed E-state index contributed by atoms with van der Waals surface area (Å²) in [7, 11) is 2.12. The number of aryl methyl sites for hydroxylation is 1. The van der Waals surface area contributed by atoms with E-state index in [1.165, 1.54) is 4.52 Å². The predicted octanol–water partition coefficient (Wildman–Crippen LogP) is 0.208. The van der Waals surface area contributed by atoms with Gasteiger partial charge in [0.15, 0.2) is 0 Å². The minimum atomic E-state index is -0.00687. The Balaban J connectivity index is 1.76. The van der Waals surface area contributed by atoms with Gasteiger partial charge in [-0.2, -0.15) is 9.50 Å².